The van der Waals surface area contributed by atoms with Gasteiger partial charge in [-0.15, -0.1) is 0 Å². The number of aryl methyl sites for hydroxylation is 1. The molecule has 102 valence electrons. The molecular formula is C18H19NO. The first kappa shape index (κ1) is 14.1. The lowest BCUT2D eigenvalue weighted by Crippen LogP contribution is -2.23. The van der Waals surface area contributed by atoms with E-state index in [1.165, 1.54) is 5.56 Å². The summed E-state index contributed by atoms with van der Waals surface area (Å²) in [5.74, 6) is 0.841. The van der Waals surface area contributed by atoms with Crippen LogP contribution in [0, 0.1) is 18.3 Å². The highest BCUT2D eigenvalue weighted by molar-refractivity contribution is 5.42. The van der Waals surface area contributed by atoms with E-state index in [1.54, 1.807) is 7.11 Å². The highest BCUT2D eigenvalue weighted by Gasteiger charge is 2.28. The van der Waals surface area contributed by atoms with Crippen LogP contribution in [0.4, 0.5) is 0 Å². The fourth-order valence-electron chi connectivity index (χ4n) is 2.44. The number of nitrogens with zero attached hydrogens (tertiary/aromatic N) is 1. The summed E-state index contributed by atoms with van der Waals surface area (Å²) in [6.07, 6.45) is 0.637. The molecule has 0 amide bonds. The Labute approximate surface area is 120 Å². The number of hydrogen-bond donors (Lipinski definition) is 0. The molecular weight excluding hydrogens is 246 g/mol. The minimum absolute atomic E-state index is 0.553. The number of ether oxygens (including phenoxy) is 1. The van der Waals surface area contributed by atoms with Gasteiger partial charge < -0.3 is 4.74 Å². The molecule has 1 atom stereocenters. The molecule has 1 unspecified atom stereocenters. The minimum atomic E-state index is -0.553. The van der Waals surface area contributed by atoms with E-state index >= 15 is 0 Å². The molecule has 0 heterocycles. The second-order valence-corrected chi connectivity index (χ2v) is 5.30. The lowest BCUT2D eigenvalue weighted by atomic mass is 9.78. The Morgan fingerprint density at radius 1 is 1.15 bits per heavy atom. The summed E-state index contributed by atoms with van der Waals surface area (Å²) < 4.78 is 5.42. The summed E-state index contributed by atoms with van der Waals surface area (Å²) >= 11 is 0. The van der Waals surface area contributed by atoms with Crippen LogP contribution < -0.4 is 4.74 Å². The molecule has 0 N–H and O–H groups in total. The first-order valence-electron chi connectivity index (χ1n) is 6.69. The predicted octanol–water partition coefficient (Wildman–Crippen LogP) is 4.03. The summed E-state index contributed by atoms with van der Waals surface area (Å²) in [6.45, 7) is 4.03. The summed E-state index contributed by atoms with van der Waals surface area (Å²) in [7, 11) is 1.67. The van der Waals surface area contributed by atoms with Gasteiger partial charge in [-0.25, -0.2) is 0 Å². The summed E-state index contributed by atoms with van der Waals surface area (Å²) in [6, 6.07) is 18.5. The van der Waals surface area contributed by atoms with Crippen LogP contribution in [0.3, 0.4) is 0 Å². The van der Waals surface area contributed by atoms with E-state index in [-0.39, 0.29) is 0 Å². The number of nitriles is 1. The zero-order valence-electron chi connectivity index (χ0n) is 12.2. The fourth-order valence-corrected chi connectivity index (χ4v) is 2.44. The van der Waals surface area contributed by atoms with E-state index in [4.69, 9.17) is 4.74 Å². The zero-order chi connectivity index (χ0) is 14.6. The molecule has 2 aromatic rings. The predicted molar refractivity (Wildman–Crippen MR) is 80.8 cm³/mol. The molecule has 2 nitrogen and oxygen atoms in total. The Balaban J connectivity index is 2.41. The molecule has 0 bridgehead atoms. The zero-order valence-corrected chi connectivity index (χ0v) is 12.2. The van der Waals surface area contributed by atoms with Crippen molar-refractivity contribution in [2.45, 2.75) is 25.7 Å². The minimum Gasteiger partial charge on any atom is -0.496 e. The summed E-state index contributed by atoms with van der Waals surface area (Å²) in [5, 5.41) is 9.64. The Kier molecular flexibility index (Phi) is 4.10. The van der Waals surface area contributed by atoms with Crippen molar-refractivity contribution >= 4 is 0 Å². The molecule has 0 fully saturated rings. The van der Waals surface area contributed by atoms with Gasteiger partial charge in [0.15, 0.2) is 0 Å². The van der Waals surface area contributed by atoms with Crippen LogP contribution in [0.2, 0.25) is 0 Å². The molecule has 0 saturated heterocycles. The lowest BCUT2D eigenvalue weighted by molar-refractivity contribution is 0.406. The van der Waals surface area contributed by atoms with Crippen LogP contribution in [-0.2, 0) is 11.8 Å². The van der Waals surface area contributed by atoms with Gasteiger partial charge in [0, 0.05) is 0 Å². The molecule has 20 heavy (non-hydrogen) atoms. The van der Waals surface area contributed by atoms with Crippen LogP contribution in [0.1, 0.15) is 23.6 Å². The van der Waals surface area contributed by atoms with E-state index in [0.29, 0.717) is 6.42 Å². The van der Waals surface area contributed by atoms with Gasteiger partial charge in [0.1, 0.15) is 5.75 Å². The SMILES string of the molecule is COc1ccc(C)cc1CC(C)(C#N)c1ccccc1. The Morgan fingerprint density at radius 2 is 1.85 bits per heavy atom. The highest BCUT2D eigenvalue weighted by Crippen LogP contribution is 2.31. The van der Waals surface area contributed by atoms with Gasteiger partial charge in [0.05, 0.1) is 18.6 Å². The van der Waals surface area contributed by atoms with Crippen molar-refractivity contribution in [2.75, 3.05) is 7.11 Å². The van der Waals surface area contributed by atoms with E-state index in [9.17, 15) is 5.26 Å². The van der Waals surface area contributed by atoms with Crippen molar-refractivity contribution in [2.24, 2.45) is 0 Å². The van der Waals surface area contributed by atoms with Crippen LogP contribution in [0.15, 0.2) is 48.5 Å². The monoisotopic (exact) mass is 265 g/mol. The van der Waals surface area contributed by atoms with E-state index < -0.39 is 5.41 Å². The topological polar surface area (TPSA) is 33.0 Å². The Morgan fingerprint density at radius 3 is 2.45 bits per heavy atom. The van der Waals surface area contributed by atoms with Crippen LogP contribution in [-0.4, -0.2) is 7.11 Å². The maximum atomic E-state index is 9.64. The summed E-state index contributed by atoms with van der Waals surface area (Å²) in [5.41, 5.74) is 2.73. The van der Waals surface area contributed by atoms with Gasteiger partial charge in [0.2, 0.25) is 0 Å². The number of hydrogen-bond acceptors (Lipinski definition) is 2. The first-order valence-corrected chi connectivity index (χ1v) is 6.69. The first-order chi connectivity index (χ1) is 9.59. The Bertz CT molecular complexity index is 628. The van der Waals surface area contributed by atoms with E-state index in [1.807, 2.05) is 49.4 Å². The van der Waals surface area contributed by atoms with Gasteiger partial charge in [-0.1, -0.05) is 48.0 Å². The van der Waals surface area contributed by atoms with Crippen molar-refractivity contribution in [3.63, 3.8) is 0 Å². The molecule has 2 aromatic carbocycles. The number of benzene rings is 2. The largest absolute Gasteiger partial charge is 0.496 e. The van der Waals surface area contributed by atoms with Gasteiger partial charge in [0.25, 0.3) is 0 Å². The van der Waals surface area contributed by atoms with E-state index in [2.05, 4.69) is 19.1 Å². The number of rotatable bonds is 4. The third-order valence-electron chi connectivity index (χ3n) is 3.64. The highest BCUT2D eigenvalue weighted by atomic mass is 16.5. The second-order valence-electron chi connectivity index (χ2n) is 5.30. The molecule has 0 saturated carbocycles. The molecule has 2 heteroatoms. The van der Waals surface area contributed by atoms with Crippen molar-refractivity contribution in [1.29, 1.82) is 5.26 Å². The van der Waals surface area contributed by atoms with Crippen molar-refractivity contribution < 1.29 is 4.74 Å². The molecule has 0 aliphatic carbocycles. The summed E-state index contributed by atoms with van der Waals surface area (Å²) in [4.78, 5) is 0. The molecule has 0 spiro atoms. The molecule has 0 aliphatic heterocycles. The van der Waals surface area contributed by atoms with Crippen LogP contribution in [0.25, 0.3) is 0 Å². The van der Waals surface area contributed by atoms with Crippen LogP contribution >= 0.6 is 0 Å². The maximum absolute atomic E-state index is 9.64. The average Bonchev–Trinajstić information content (AvgIpc) is 2.48. The van der Waals surface area contributed by atoms with Gasteiger partial charge in [-0.3, -0.25) is 0 Å². The van der Waals surface area contributed by atoms with E-state index in [0.717, 1.165) is 16.9 Å². The van der Waals surface area contributed by atoms with Gasteiger partial charge in [-0.2, -0.15) is 5.26 Å². The average molecular weight is 265 g/mol. The quantitative estimate of drug-likeness (QED) is 0.836. The van der Waals surface area contributed by atoms with Crippen molar-refractivity contribution in [1.82, 2.24) is 0 Å². The third kappa shape index (κ3) is 2.83. The van der Waals surface area contributed by atoms with Crippen molar-refractivity contribution in [3.8, 4) is 11.8 Å². The molecule has 0 aliphatic rings. The number of methoxy groups -OCH3 is 1. The van der Waals surface area contributed by atoms with Gasteiger partial charge in [-0.05, 0) is 37.5 Å². The second kappa shape index (κ2) is 5.79. The third-order valence-corrected chi connectivity index (χ3v) is 3.64. The fraction of sp³-hybridized carbons (Fsp3) is 0.278. The Hall–Kier alpha value is -2.27. The van der Waals surface area contributed by atoms with Crippen molar-refractivity contribution in [3.05, 3.63) is 65.2 Å². The smallest absolute Gasteiger partial charge is 0.122 e. The van der Waals surface area contributed by atoms with Crippen LogP contribution in [0.5, 0.6) is 5.75 Å². The molecule has 2 rings (SSSR count). The maximum Gasteiger partial charge on any atom is 0.122 e. The standard InChI is InChI=1S/C18H19NO/c1-14-9-10-17(20-3)15(11-14)12-18(2,13-19)16-7-5-4-6-8-16/h4-11H,12H2,1-3H3. The molecule has 0 radical (unpaired) electrons. The normalized spacial score (nSPS) is 13.3. The lowest BCUT2D eigenvalue weighted by Gasteiger charge is -2.23. The molecule has 0 aromatic heterocycles. The van der Waals surface area contributed by atoms with Gasteiger partial charge >= 0.3 is 0 Å².